The monoisotopic (exact) mass is 684 g/mol. The summed E-state index contributed by atoms with van der Waals surface area (Å²) >= 11 is 2.09. The zero-order valence-electron chi connectivity index (χ0n) is 30.7. The van der Waals surface area contributed by atoms with Crippen molar-refractivity contribution in [3.8, 4) is 0 Å². The lowest BCUT2D eigenvalue weighted by molar-refractivity contribution is 0.346. The molecule has 4 aromatic carbocycles. The van der Waals surface area contributed by atoms with Gasteiger partial charge in [0.25, 0.3) is 0 Å². The number of hydrogen-bond acceptors (Lipinski definition) is 3. The SMILES string of the molecule is Cc1cc(C)c(P(OCC2CCC(COP(c3c(C)cc(C)cc3C)c3c(C)cc(C)cc3C)S2)c2c(C)cc(C)cc2C)c(C)c1. The van der Waals surface area contributed by atoms with Crippen molar-refractivity contribution in [2.75, 3.05) is 13.2 Å². The summed E-state index contributed by atoms with van der Waals surface area (Å²) in [7, 11) is -1.86. The van der Waals surface area contributed by atoms with E-state index in [1.165, 1.54) is 101 Å². The van der Waals surface area contributed by atoms with Gasteiger partial charge in [0.2, 0.25) is 0 Å². The smallest absolute Gasteiger partial charge is 0.0928 e. The molecule has 1 heterocycles. The molecule has 1 aliphatic heterocycles. The maximum absolute atomic E-state index is 7.11. The summed E-state index contributed by atoms with van der Waals surface area (Å²) in [4.78, 5) is 0. The van der Waals surface area contributed by atoms with Crippen LogP contribution in [0.15, 0.2) is 48.5 Å². The van der Waals surface area contributed by atoms with Crippen molar-refractivity contribution in [3.63, 3.8) is 0 Å². The van der Waals surface area contributed by atoms with E-state index in [0.717, 1.165) is 13.2 Å². The summed E-state index contributed by atoms with van der Waals surface area (Å²) in [6, 6.07) is 18.6. The van der Waals surface area contributed by atoms with Crippen LogP contribution in [0.4, 0.5) is 0 Å². The van der Waals surface area contributed by atoms with Gasteiger partial charge >= 0.3 is 0 Å². The van der Waals surface area contributed by atoms with Crippen LogP contribution in [0.3, 0.4) is 0 Å². The van der Waals surface area contributed by atoms with E-state index in [1.54, 1.807) is 0 Å². The normalized spacial score (nSPS) is 16.6. The molecular weight excluding hydrogens is 630 g/mol. The van der Waals surface area contributed by atoms with Crippen LogP contribution in [0.2, 0.25) is 0 Å². The molecule has 1 aliphatic rings. The second-order valence-electron chi connectivity index (χ2n) is 14.1. The van der Waals surface area contributed by atoms with Gasteiger partial charge in [0.05, 0.1) is 29.5 Å². The molecule has 1 fully saturated rings. The molecule has 47 heavy (non-hydrogen) atoms. The van der Waals surface area contributed by atoms with Gasteiger partial charge in [0.15, 0.2) is 0 Å². The molecule has 2 atom stereocenters. The van der Waals surface area contributed by atoms with E-state index >= 15 is 0 Å². The van der Waals surface area contributed by atoms with Gasteiger partial charge in [0, 0.05) is 31.7 Å². The first kappa shape index (κ1) is 36.3. The quantitative estimate of drug-likeness (QED) is 0.155. The predicted octanol–water partition coefficient (Wildman–Crippen LogP) is 10.1. The lowest BCUT2D eigenvalue weighted by Gasteiger charge is -2.28. The fourth-order valence-corrected chi connectivity index (χ4v) is 14.1. The van der Waals surface area contributed by atoms with Gasteiger partial charge in [-0.05, 0) is 140 Å². The van der Waals surface area contributed by atoms with Crippen molar-refractivity contribution in [1.82, 2.24) is 0 Å². The van der Waals surface area contributed by atoms with Gasteiger partial charge in [-0.3, -0.25) is 0 Å². The molecule has 0 saturated carbocycles. The average molecular weight is 685 g/mol. The summed E-state index contributed by atoms with van der Waals surface area (Å²) in [5.74, 6) is 0. The van der Waals surface area contributed by atoms with Crippen LogP contribution in [0.5, 0.6) is 0 Å². The van der Waals surface area contributed by atoms with E-state index in [1.807, 2.05) is 0 Å². The minimum atomic E-state index is -0.930. The van der Waals surface area contributed by atoms with Gasteiger partial charge in [-0.2, -0.15) is 11.8 Å². The third-order valence-corrected chi connectivity index (χ3v) is 16.1. The van der Waals surface area contributed by atoms with Crippen LogP contribution < -0.4 is 21.2 Å². The number of thioether (sulfide) groups is 1. The van der Waals surface area contributed by atoms with E-state index in [-0.39, 0.29) is 0 Å². The van der Waals surface area contributed by atoms with E-state index in [0.29, 0.717) is 10.5 Å². The highest BCUT2D eigenvalue weighted by Crippen LogP contribution is 2.45. The topological polar surface area (TPSA) is 18.5 Å². The molecule has 2 unspecified atom stereocenters. The molecule has 1 saturated heterocycles. The second-order valence-corrected chi connectivity index (χ2v) is 19.2. The van der Waals surface area contributed by atoms with Crippen molar-refractivity contribution in [2.45, 2.75) is 106 Å². The van der Waals surface area contributed by atoms with Gasteiger partial charge in [-0.25, -0.2) is 0 Å². The minimum Gasteiger partial charge on any atom is -0.348 e. The van der Waals surface area contributed by atoms with E-state index < -0.39 is 16.3 Å². The molecule has 0 amide bonds. The van der Waals surface area contributed by atoms with Crippen LogP contribution in [0.1, 0.15) is 79.6 Å². The first-order valence-electron chi connectivity index (χ1n) is 17.1. The predicted molar refractivity (Wildman–Crippen MR) is 211 cm³/mol. The highest BCUT2D eigenvalue weighted by atomic mass is 32.2. The molecule has 2 nitrogen and oxygen atoms in total. The molecule has 0 N–H and O–H groups in total. The van der Waals surface area contributed by atoms with E-state index in [9.17, 15) is 0 Å². The molecule has 0 aliphatic carbocycles. The van der Waals surface area contributed by atoms with Crippen LogP contribution in [-0.2, 0) is 9.05 Å². The number of aryl methyl sites for hydroxylation is 12. The van der Waals surface area contributed by atoms with Gasteiger partial charge < -0.3 is 9.05 Å². The summed E-state index contributed by atoms with van der Waals surface area (Å²) in [5, 5.41) is 6.51. The summed E-state index contributed by atoms with van der Waals surface area (Å²) < 4.78 is 14.2. The Labute approximate surface area is 292 Å². The van der Waals surface area contributed by atoms with Gasteiger partial charge in [-0.1, -0.05) is 70.8 Å². The van der Waals surface area contributed by atoms with Crippen molar-refractivity contribution >= 4 is 49.3 Å². The number of rotatable bonds is 10. The molecule has 0 bridgehead atoms. The molecular formula is C42H54O2P2S. The zero-order valence-corrected chi connectivity index (χ0v) is 33.3. The molecule has 250 valence electrons. The Bertz CT molecular complexity index is 1440. The first-order valence-corrected chi connectivity index (χ1v) is 20.5. The third-order valence-electron chi connectivity index (χ3n) is 9.33. The third kappa shape index (κ3) is 8.25. The van der Waals surface area contributed by atoms with Crippen molar-refractivity contribution < 1.29 is 9.05 Å². The molecule has 0 spiro atoms. The summed E-state index contributed by atoms with van der Waals surface area (Å²) in [6.07, 6.45) is 2.34. The Morgan fingerprint density at radius 1 is 0.426 bits per heavy atom. The van der Waals surface area contributed by atoms with Crippen molar-refractivity contribution in [3.05, 3.63) is 115 Å². The Morgan fingerprint density at radius 2 is 0.638 bits per heavy atom. The standard InChI is InChI=1S/C42H54O2P2S/c1-25-15-29(5)39(30(6)16-25)45(40-31(7)17-26(2)18-32(40)8)43-23-37-13-14-38(47-37)24-44-46(41-33(9)19-27(3)20-34(41)10)42-35(11)21-28(4)22-36(42)12/h15-22,37-38H,13-14,23-24H2,1-12H3. The summed E-state index contributed by atoms with van der Waals surface area (Å²) in [5.41, 5.74) is 16.0. The van der Waals surface area contributed by atoms with Crippen LogP contribution in [-0.4, -0.2) is 23.7 Å². The average Bonchev–Trinajstić information content (AvgIpc) is 3.39. The van der Waals surface area contributed by atoms with Crippen LogP contribution in [0.25, 0.3) is 0 Å². The first-order chi connectivity index (χ1) is 22.2. The largest absolute Gasteiger partial charge is 0.348 e. The second kappa shape index (κ2) is 15.3. The van der Waals surface area contributed by atoms with Crippen LogP contribution in [0, 0.1) is 83.1 Å². The molecule has 0 radical (unpaired) electrons. The molecule has 4 aromatic rings. The lowest BCUT2D eigenvalue weighted by atomic mass is 10.1. The van der Waals surface area contributed by atoms with Crippen LogP contribution >= 0.6 is 28.1 Å². The fourth-order valence-electron chi connectivity index (χ4n) is 7.79. The minimum absolute atomic E-state index is 0.475. The summed E-state index contributed by atoms with van der Waals surface area (Å²) in [6.45, 7) is 28.4. The molecule has 5 rings (SSSR count). The molecule has 5 heteroatoms. The van der Waals surface area contributed by atoms with Gasteiger partial charge in [0.1, 0.15) is 0 Å². The Balaban J connectivity index is 1.35. The zero-order chi connectivity index (χ0) is 34.2. The maximum Gasteiger partial charge on any atom is 0.0928 e. The van der Waals surface area contributed by atoms with E-state index in [2.05, 4.69) is 143 Å². The number of hydrogen-bond donors (Lipinski definition) is 0. The maximum atomic E-state index is 7.11. The van der Waals surface area contributed by atoms with Crippen molar-refractivity contribution in [2.24, 2.45) is 0 Å². The highest BCUT2D eigenvalue weighted by Gasteiger charge is 2.31. The Hall–Kier alpha value is -1.99. The van der Waals surface area contributed by atoms with Crippen molar-refractivity contribution in [1.29, 1.82) is 0 Å². The van der Waals surface area contributed by atoms with Gasteiger partial charge in [-0.15, -0.1) is 0 Å². The lowest BCUT2D eigenvalue weighted by Crippen LogP contribution is -2.25. The highest BCUT2D eigenvalue weighted by molar-refractivity contribution is 8.00. The van der Waals surface area contributed by atoms with E-state index in [4.69, 9.17) is 9.05 Å². The Morgan fingerprint density at radius 3 is 0.851 bits per heavy atom. The number of benzene rings is 4. The fraction of sp³-hybridized carbons (Fsp3) is 0.429. The Kier molecular flexibility index (Phi) is 11.8. The molecule has 0 aromatic heterocycles.